The minimum absolute atomic E-state index is 0.0218. The lowest BCUT2D eigenvalue weighted by Gasteiger charge is -2.60. The van der Waals surface area contributed by atoms with Crippen LogP contribution < -0.4 is 5.32 Å². The third-order valence-corrected chi connectivity index (χ3v) is 8.16. The first-order valence-corrected chi connectivity index (χ1v) is 11.3. The van der Waals surface area contributed by atoms with Gasteiger partial charge in [-0.1, -0.05) is 13.8 Å². The molecule has 1 heterocycles. The highest BCUT2D eigenvalue weighted by atomic mass is 16.6. The Labute approximate surface area is 179 Å². The summed E-state index contributed by atoms with van der Waals surface area (Å²) in [6.07, 6.45) is 1.50. The third kappa shape index (κ3) is 4.18. The smallest absolute Gasteiger partial charge is 0.407 e. The van der Waals surface area contributed by atoms with Crippen LogP contribution in [0.2, 0.25) is 0 Å². The lowest BCUT2D eigenvalue weighted by molar-refractivity contribution is -0.187. The Morgan fingerprint density at radius 2 is 1.90 bits per heavy atom. The van der Waals surface area contributed by atoms with Crippen LogP contribution in [0, 0.1) is 22.7 Å². The predicted molar refractivity (Wildman–Crippen MR) is 111 cm³/mol. The van der Waals surface area contributed by atoms with Crippen molar-refractivity contribution in [1.29, 1.82) is 0 Å². The Morgan fingerprint density at radius 1 is 1.17 bits per heavy atom. The van der Waals surface area contributed by atoms with Crippen LogP contribution in [0.5, 0.6) is 0 Å². The largest absolute Gasteiger partial charge is 0.446 e. The molecule has 0 aromatic heterocycles. The molecule has 2 aliphatic carbocycles. The fourth-order valence-corrected chi connectivity index (χ4v) is 6.38. The number of aliphatic hydroxyl groups is 3. The van der Waals surface area contributed by atoms with Crippen LogP contribution in [0.4, 0.5) is 4.79 Å². The molecule has 3 aliphatic rings. The molecular formula is C22H38N2O6. The van der Waals surface area contributed by atoms with Gasteiger partial charge in [-0.2, -0.15) is 0 Å². The normalized spacial score (nSPS) is 41.3. The maximum atomic E-state index is 12.9. The van der Waals surface area contributed by atoms with Crippen LogP contribution in [0.25, 0.3) is 0 Å². The highest BCUT2D eigenvalue weighted by Gasteiger charge is 2.60. The molecule has 7 atom stereocenters. The number of nitrogens with one attached hydrogen (secondary N) is 1. The monoisotopic (exact) mass is 426 g/mol. The lowest BCUT2D eigenvalue weighted by Crippen LogP contribution is -2.61. The molecule has 0 unspecified atom stereocenters. The van der Waals surface area contributed by atoms with Crippen molar-refractivity contribution in [2.45, 2.75) is 77.6 Å². The standard InChI is InChI=1S/C22H38N2O6/c1-4-23-20(29)30-18-7-9-21(2)15(11-19(28)24-10-8-14(26)12-24)16(27)5-6-17(21)22(18,3)13-25/h14-18,25-27H,4-13H2,1-3H3,(H,23,29)/t14-,15-,16-,17+,18-,21+,22+/m1/s1. The zero-order valence-electron chi connectivity index (χ0n) is 18.5. The first-order valence-electron chi connectivity index (χ1n) is 11.3. The van der Waals surface area contributed by atoms with Crippen LogP contribution in [0.1, 0.15) is 59.3 Å². The van der Waals surface area contributed by atoms with Crippen LogP contribution >= 0.6 is 0 Å². The number of rotatable bonds is 5. The van der Waals surface area contributed by atoms with E-state index in [0.717, 1.165) is 12.8 Å². The number of carbonyl (C=O) groups is 2. The van der Waals surface area contributed by atoms with Crippen LogP contribution in [-0.2, 0) is 9.53 Å². The van der Waals surface area contributed by atoms with Crippen LogP contribution in [0.3, 0.4) is 0 Å². The zero-order chi connectivity index (χ0) is 22.1. The molecule has 0 bridgehead atoms. The van der Waals surface area contributed by atoms with E-state index in [1.165, 1.54) is 0 Å². The van der Waals surface area contributed by atoms with Crippen molar-refractivity contribution in [2.24, 2.45) is 22.7 Å². The Bertz CT molecular complexity index is 645. The molecule has 1 aliphatic heterocycles. The predicted octanol–water partition coefficient (Wildman–Crippen LogP) is 1.27. The number of hydrogen-bond donors (Lipinski definition) is 4. The molecule has 1 saturated heterocycles. The molecule has 3 fully saturated rings. The minimum Gasteiger partial charge on any atom is -0.446 e. The minimum atomic E-state index is -0.636. The molecule has 0 spiro atoms. The van der Waals surface area contributed by atoms with Crippen LogP contribution in [-0.4, -0.2) is 76.8 Å². The van der Waals surface area contributed by atoms with Crippen molar-refractivity contribution >= 4 is 12.0 Å². The number of amides is 2. The van der Waals surface area contributed by atoms with Gasteiger partial charge in [-0.3, -0.25) is 4.79 Å². The number of nitrogens with zero attached hydrogens (tertiary/aromatic N) is 1. The summed E-state index contributed by atoms with van der Waals surface area (Å²) in [6, 6.07) is 0. The summed E-state index contributed by atoms with van der Waals surface area (Å²) in [4.78, 5) is 26.7. The van der Waals surface area contributed by atoms with Crippen molar-refractivity contribution in [3.8, 4) is 0 Å². The Morgan fingerprint density at radius 3 is 2.50 bits per heavy atom. The molecule has 0 aromatic carbocycles. The number of ether oxygens (including phenoxy) is 1. The van der Waals surface area contributed by atoms with Gasteiger partial charge in [0.15, 0.2) is 0 Å². The fraction of sp³-hybridized carbons (Fsp3) is 0.909. The maximum absolute atomic E-state index is 12.9. The van der Waals surface area contributed by atoms with Gasteiger partial charge in [0, 0.05) is 31.5 Å². The summed E-state index contributed by atoms with van der Waals surface area (Å²) in [7, 11) is 0. The zero-order valence-corrected chi connectivity index (χ0v) is 18.5. The van der Waals surface area contributed by atoms with E-state index in [4.69, 9.17) is 4.74 Å². The van der Waals surface area contributed by atoms with E-state index in [-0.39, 0.29) is 36.2 Å². The van der Waals surface area contributed by atoms with E-state index in [2.05, 4.69) is 12.2 Å². The fourth-order valence-electron chi connectivity index (χ4n) is 6.38. The number of β-amino-alcohol motifs (C(OH)–C–C–N with tert-alkyl or cyclic N) is 1. The van der Waals surface area contributed by atoms with Crippen molar-refractivity contribution < 1.29 is 29.6 Å². The average Bonchev–Trinajstić information content (AvgIpc) is 3.14. The molecule has 3 rings (SSSR count). The van der Waals surface area contributed by atoms with Crippen molar-refractivity contribution in [3.63, 3.8) is 0 Å². The molecular weight excluding hydrogens is 388 g/mol. The summed E-state index contributed by atoms with van der Waals surface area (Å²) in [6.45, 7) is 7.18. The highest BCUT2D eigenvalue weighted by Crippen LogP contribution is 2.61. The number of likely N-dealkylation sites (tertiary alicyclic amines) is 1. The van der Waals surface area contributed by atoms with Crippen molar-refractivity contribution in [1.82, 2.24) is 10.2 Å². The summed E-state index contributed by atoms with van der Waals surface area (Å²) in [5, 5.41) is 33.7. The first-order chi connectivity index (χ1) is 14.2. The van der Waals surface area contributed by atoms with Gasteiger partial charge in [0.05, 0.1) is 18.8 Å². The van der Waals surface area contributed by atoms with E-state index < -0.39 is 29.8 Å². The number of aliphatic hydroxyl groups excluding tert-OH is 3. The molecule has 8 heteroatoms. The SMILES string of the molecule is CCNC(=O)O[C@@H]1CC[C@]2(C)[C@H](CC[C@@H](O)[C@H]2CC(=O)N2CC[C@@H](O)C2)[C@]1(C)CO. The summed E-state index contributed by atoms with van der Waals surface area (Å²) < 4.78 is 5.69. The van der Waals surface area contributed by atoms with Gasteiger partial charge in [0.1, 0.15) is 6.10 Å². The van der Waals surface area contributed by atoms with E-state index in [0.29, 0.717) is 38.9 Å². The molecule has 0 aromatic rings. The highest BCUT2D eigenvalue weighted by molar-refractivity contribution is 5.77. The van der Waals surface area contributed by atoms with Gasteiger partial charge in [0.25, 0.3) is 0 Å². The maximum Gasteiger partial charge on any atom is 0.407 e. The molecule has 172 valence electrons. The van der Waals surface area contributed by atoms with Gasteiger partial charge in [-0.25, -0.2) is 4.79 Å². The van der Waals surface area contributed by atoms with E-state index in [1.54, 1.807) is 4.90 Å². The summed E-state index contributed by atoms with van der Waals surface area (Å²) in [5.41, 5.74) is -0.979. The van der Waals surface area contributed by atoms with E-state index in [1.807, 2.05) is 13.8 Å². The van der Waals surface area contributed by atoms with E-state index >= 15 is 0 Å². The van der Waals surface area contributed by atoms with Crippen molar-refractivity contribution in [3.05, 3.63) is 0 Å². The second-order valence-electron chi connectivity index (χ2n) is 9.92. The van der Waals surface area contributed by atoms with Gasteiger partial charge < -0.3 is 30.3 Å². The number of alkyl carbamates (subject to hydrolysis) is 1. The summed E-state index contributed by atoms with van der Waals surface area (Å²) in [5.74, 6) is -0.227. The topological polar surface area (TPSA) is 119 Å². The van der Waals surface area contributed by atoms with Gasteiger partial charge in [-0.05, 0) is 56.3 Å². The molecule has 30 heavy (non-hydrogen) atoms. The summed E-state index contributed by atoms with van der Waals surface area (Å²) >= 11 is 0. The van der Waals surface area contributed by atoms with Crippen LogP contribution in [0.15, 0.2) is 0 Å². The van der Waals surface area contributed by atoms with Crippen molar-refractivity contribution in [2.75, 3.05) is 26.2 Å². The third-order valence-electron chi connectivity index (χ3n) is 8.16. The number of hydrogen-bond acceptors (Lipinski definition) is 6. The quantitative estimate of drug-likeness (QED) is 0.526. The number of fused-ring (bicyclic) bond motifs is 1. The molecule has 2 saturated carbocycles. The Balaban J connectivity index is 1.80. The Kier molecular flexibility index (Phi) is 6.99. The molecule has 2 amide bonds. The van der Waals surface area contributed by atoms with E-state index in [9.17, 15) is 24.9 Å². The molecule has 4 N–H and O–H groups in total. The van der Waals surface area contributed by atoms with Gasteiger partial charge in [0.2, 0.25) is 5.91 Å². The second-order valence-corrected chi connectivity index (χ2v) is 9.92. The molecule has 0 radical (unpaired) electrons. The first kappa shape index (κ1) is 23.3. The second kappa shape index (κ2) is 9.01. The van der Waals surface area contributed by atoms with Gasteiger partial charge in [-0.15, -0.1) is 0 Å². The number of carbonyl (C=O) groups excluding carboxylic acids is 2. The van der Waals surface area contributed by atoms with Gasteiger partial charge >= 0.3 is 6.09 Å². The Hall–Kier alpha value is -1.38. The lowest BCUT2D eigenvalue weighted by atomic mass is 9.46. The average molecular weight is 427 g/mol. The molecule has 8 nitrogen and oxygen atoms in total.